The molecule has 7 nitrogen and oxygen atoms in total. The zero-order valence-electron chi connectivity index (χ0n) is 13.5. The second kappa shape index (κ2) is 6.96. The Hall–Kier alpha value is -3.48. The van der Waals surface area contributed by atoms with Crippen LogP contribution in [0.1, 0.15) is 21.6 Å². The first-order valence-corrected chi connectivity index (χ1v) is 7.65. The summed E-state index contributed by atoms with van der Waals surface area (Å²) in [6.07, 6.45) is 2.70. The number of hydrogen-bond acceptors (Lipinski definition) is 4. The van der Waals surface area contributed by atoms with E-state index in [1.165, 1.54) is 0 Å². The van der Waals surface area contributed by atoms with Crippen LogP contribution < -0.4 is 16.6 Å². The van der Waals surface area contributed by atoms with Crippen molar-refractivity contribution in [2.24, 2.45) is 0 Å². The number of anilines is 1. The molecule has 1 amide bonds. The summed E-state index contributed by atoms with van der Waals surface area (Å²) >= 11 is 0. The second-order valence-electron chi connectivity index (χ2n) is 5.49. The minimum atomic E-state index is -0.666. The highest BCUT2D eigenvalue weighted by Gasteiger charge is 2.16. The van der Waals surface area contributed by atoms with Gasteiger partial charge in [0.25, 0.3) is 11.5 Å². The van der Waals surface area contributed by atoms with Gasteiger partial charge in [0, 0.05) is 18.1 Å². The van der Waals surface area contributed by atoms with Crippen LogP contribution >= 0.6 is 0 Å². The maximum absolute atomic E-state index is 12.6. The molecule has 0 spiro atoms. The number of aryl methyl sites for hydroxylation is 1. The third kappa shape index (κ3) is 3.55. The molecule has 0 radical (unpaired) electrons. The lowest BCUT2D eigenvalue weighted by molar-refractivity contribution is 0.102. The van der Waals surface area contributed by atoms with Crippen LogP contribution in [-0.2, 0) is 6.54 Å². The van der Waals surface area contributed by atoms with Crippen molar-refractivity contribution < 1.29 is 4.79 Å². The van der Waals surface area contributed by atoms with E-state index in [9.17, 15) is 14.4 Å². The van der Waals surface area contributed by atoms with Gasteiger partial charge in [-0.3, -0.25) is 19.1 Å². The number of carbonyl (C=O) groups excluding carboxylic acids is 1. The molecule has 0 saturated carbocycles. The summed E-state index contributed by atoms with van der Waals surface area (Å²) in [7, 11) is 0. The number of rotatable bonds is 4. The Morgan fingerprint density at radius 3 is 2.64 bits per heavy atom. The molecule has 0 aliphatic rings. The largest absolute Gasteiger partial charge is 0.328 e. The summed E-state index contributed by atoms with van der Waals surface area (Å²) < 4.78 is 0.953. The molecule has 1 aromatic carbocycles. The standard InChI is InChI=1S/C18H16N4O3/c1-12-6-2-3-8-15(12)21-16(23)14-10-20-18(25)22(17(14)24)11-13-7-4-5-9-19-13/h2-10H,11H2,1H3,(H,20,25)(H,21,23). The Kier molecular flexibility index (Phi) is 4.56. The zero-order chi connectivity index (χ0) is 17.8. The topological polar surface area (TPSA) is 96.8 Å². The molecule has 0 aliphatic heterocycles. The first kappa shape index (κ1) is 16.4. The van der Waals surface area contributed by atoms with Crippen molar-refractivity contribution in [2.45, 2.75) is 13.5 Å². The van der Waals surface area contributed by atoms with Gasteiger partial charge in [-0.15, -0.1) is 0 Å². The van der Waals surface area contributed by atoms with Crippen molar-refractivity contribution in [3.63, 3.8) is 0 Å². The third-order valence-electron chi connectivity index (χ3n) is 3.74. The fraction of sp³-hybridized carbons (Fsp3) is 0.111. The van der Waals surface area contributed by atoms with E-state index < -0.39 is 17.2 Å². The first-order valence-electron chi connectivity index (χ1n) is 7.65. The molecule has 0 bridgehead atoms. The van der Waals surface area contributed by atoms with Gasteiger partial charge in [0.2, 0.25) is 0 Å². The number of aromatic amines is 1. The van der Waals surface area contributed by atoms with Crippen molar-refractivity contribution in [3.05, 3.63) is 92.5 Å². The molecular weight excluding hydrogens is 320 g/mol. The van der Waals surface area contributed by atoms with Gasteiger partial charge in [0.1, 0.15) is 5.56 Å². The normalized spacial score (nSPS) is 10.4. The van der Waals surface area contributed by atoms with Crippen molar-refractivity contribution in [1.82, 2.24) is 14.5 Å². The monoisotopic (exact) mass is 336 g/mol. The molecule has 7 heteroatoms. The van der Waals surface area contributed by atoms with Gasteiger partial charge < -0.3 is 10.3 Å². The number of para-hydroxylation sites is 1. The summed E-state index contributed by atoms with van der Waals surface area (Å²) in [6.45, 7) is 1.84. The molecule has 2 heterocycles. The fourth-order valence-corrected chi connectivity index (χ4v) is 2.37. The molecule has 126 valence electrons. The maximum Gasteiger partial charge on any atom is 0.328 e. The van der Waals surface area contributed by atoms with Crippen molar-refractivity contribution >= 4 is 11.6 Å². The number of hydrogen-bond donors (Lipinski definition) is 2. The molecule has 3 aromatic rings. The first-order chi connectivity index (χ1) is 12.1. The second-order valence-corrected chi connectivity index (χ2v) is 5.49. The highest BCUT2D eigenvalue weighted by atomic mass is 16.2. The van der Waals surface area contributed by atoms with Gasteiger partial charge in [-0.05, 0) is 30.7 Å². The van der Waals surface area contributed by atoms with E-state index in [0.717, 1.165) is 16.3 Å². The lowest BCUT2D eigenvalue weighted by Gasteiger charge is -2.09. The SMILES string of the molecule is Cc1ccccc1NC(=O)c1c[nH]c(=O)n(Cc2ccccn2)c1=O. The van der Waals surface area contributed by atoms with E-state index in [1.54, 1.807) is 36.5 Å². The molecule has 2 aromatic heterocycles. The molecule has 2 N–H and O–H groups in total. The quantitative estimate of drug-likeness (QED) is 0.755. The van der Waals surface area contributed by atoms with E-state index in [-0.39, 0.29) is 12.1 Å². The Balaban J connectivity index is 1.94. The van der Waals surface area contributed by atoms with Crippen LogP contribution in [-0.4, -0.2) is 20.4 Å². The van der Waals surface area contributed by atoms with Crippen molar-refractivity contribution in [3.8, 4) is 0 Å². The van der Waals surface area contributed by atoms with Crippen LogP contribution in [0.5, 0.6) is 0 Å². The number of amides is 1. The van der Waals surface area contributed by atoms with Crippen LogP contribution in [0.15, 0.2) is 64.4 Å². The van der Waals surface area contributed by atoms with Crippen molar-refractivity contribution in [1.29, 1.82) is 0 Å². The van der Waals surface area contributed by atoms with E-state index in [4.69, 9.17) is 0 Å². The molecule has 25 heavy (non-hydrogen) atoms. The summed E-state index contributed by atoms with van der Waals surface area (Å²) in [5, 5.41) is 2.69. The minimum absolute atomic E-state index is 0.0134. The number of carbonyl (C=O) groups is 1. The van der Waals surface area contributed by atoms with Crippen LogP contribution in [0.3, 0.4) is 0 Å². The predicted molar refractivity (Wildman–Crippen MR) is 93.8 cm³/mol. The van der Waals surface area contributed by atoms with Crippen LogP contribution in [0.4, 0.5) is 5.69 Å². The molecule has 0 unspecified atom stereocenters. The van der Waals surface area contributed by atoms with Gasteiger partial charge in [0.15, 0.2) is 0 Å². The lowest BCUT2D eigenvalue weighted by atomic mass is 10.2. The van der Waals surface area contributed by atoms with E-state index in [2.05, 4.69) is 15.3 Å². The minimum Gasteiger partial charge on any atom is -0.322 e. The zero-order valence-corrected chi connectivity index (χ0v) is 13.5. The number of pyridine rings is 1. The summed E-state index contributed by atoms with van der Waals surface area (Å²) in [5.41, 5.74) is 0.623. The summed E-state index contributed by atoms with van der Waals surface area (Å²) in [6, 6.07) is 12.4. The van der Waals surface area contributed by atoms with Crippen LogP contribution in [0.25, 0.3) is 0 Å². The number of benzene rings is 1. The lowest BCUT2D eigenvalue weighted by Crippen LogP contribution is -2.39. The van der Waals surface area contributed by atoms with Crippen LogP contribution in [0.2, 0.25) is 0 Å². The van der Waals surface area contributed by atoms with E-state index >= 15 is 0 Å². The van der Waals surface area contributed by atoms with Gasteiger partial charge in [-0.2, -0.15) is 0 Å². The molecule has 0 atom stereocenters. The number of nitrogens with one attached hydrogen (secondary N) is 2. The summed E-state index contributed by atoms with van der Waals surface area (Å²) in [5.74, 6) is -0.578. The summed E-state index contributed by atoms with van der Waals surface area (Å²) in [4.78, 5) is 43.5. The third-order valence-corrected chi connectivity index (χ3v) is 3.74. The average molecular weight is 336 g/mol. The number of nitrogens with zero attached hydrogens (tertiary/aromatic N) is 2. The van der Waals surface area contributed by atoms with Gasteiger partial charge >= 0.3 is 5.69 Å². The molecule has 0 fully saturated rings. The van der Waals surface area contributed by atoms with E-state index in [1.807, 2.05) is 19.1 Å². The molecule has 0 saturated heterocycles. The number of H-pyrrole nitrogens is 1. The maximum atomic E-state index is 12.6. The predicted octanol–water partition coefficient (Wildman–Crippen LogP) is 1.54. The Morgan fingerprint density at radius 2 is 1.92 bits per heavy atom. The van der Waals surface area contributed by atoms with Gasteiger partial charge in [-0.25, -0.2) is 4.79 Å². The molecule has 0 aliphatic carbocycles. The van der Waals surface area contributed by atoms with Gasteiger partial charge in [-0.1, -0.05) is 24.3 Å². The van der Waals surface area contributed by atoms with E-state index in [0.29, 0.717) is 11.4 Å². The van der Waals surface area contributed by atoms with Gasteiger partial charge in [0.05, 0.1) is 12.2 Å². The Labute approximate surface area is 143 Å². The molecule has 3 rings (SSSR count). The van der Waals surface area contributed by atoms with Crippen LogP contribution in [0, 0.1) is 6.92 Å². The highest BCUT2D eigenvalue weighted by Crippen LogP contribution is 2.13. The Morgan fingerprint density at radius 1 is 1.16 bits per heavy atom. The van der Waals surface area contributed by atoms with Crippen molar-refractivity contribution in [2.75, 3.05) is 5.32 Å². The highest BCUT2D eigenvalue weighted by molar-refractivity contribution is 6.04. The molecular formula is C18H16N4O3. The average Bonchev–Trinajstić information content (AvgIpc) is 2.61. The Bertz CT molecular complexity index is 1020. The smallest absolute Gasteiger partial charge is 0.322 e. The fourth-order valence-electron chi connectivity index (χ4n) is 2.37. The number of aromatic nitrogens is 3.